The molecule has 3 rings (SSSR count). The standard InChI is InChI=1S/C16H19N7O2/c1-10(14-21-18-9-22(14)2)19-12-13(17)23(16(25)20-15(12)24)8-11-6-4-3-5-7-11/h3-7,9-10,19H,8,17H2,1-2H3,(H,20,24,25). The van der Waals surface area contributed by atoms with Gasteiger partial charge in [-0.1, -0.05) is 30.3 Å². The van der Waals surface area contributed by atoms with Gasteiger partial charge in [0.25, 0.3) is 5.56 Å². The number of rotatable bonds is 5. The van der Waals surface area contributed by atoms with Crippen molar-refractivity contribution in [3.63, 3.8) is 0 Å². The second-order valence-corrected chi connectivity index (χ2v) is 5.76. The molecule has 0 aliphatic carbocycles. The van der Waals surface area contributed by atoms with E-state index < -0.39 is 11.2 Å². The van der Waals surface area contributed by atoms with Gasteiger partial charge in [-0.15, -0.1) is 10.2 Å². The Morgan fingerprint density at radius 3 is 2.64 bits per heavy atom. The molecule has 130 valence electrons. The maximum Gasteiger partial charge on any atom is 0.330 e. The van der Waals surface area contributed by atoms with Gasteiger partial charge in [-0.25, -0.2) is 4.79 Å². The minimum Gasteiger partial charge on any atom is -0.383 e. The van der Waals surface area contributed by atoms with E-state index in [1.165, 1.54) is 4.57 Å². The molecule has 0 bridgehead atoms. The summed E-state index contributed by atoms with van der Waals surface area (Å²) in [6, 6.07) is 9.07. The molecular weight excluding hydrogens is 322 g/mol. The van der Waals surface area contributed by atoms with Crippen LogP contribution in [0.3, 0.4) is 0 Å². The lowest BCUT2D eigenvalue weighted by atomic mass is 10.2. The van der Waals surface area contributed by atoms with Crippen molar-refractivity contribution in [3.8, 4) is 0 Å². The van der Waals surface area contributed by atoms with E-state index in [1.807, 2.05) is 37.3 Å². The number of anilines is 2. The Labute approximate surface area is 143 Å². The third-order valence-corrected chi connectivity index (χ3v) is 3.92. The molecule has 2 heterocycles. The number of nitrogens with zero attached hydrogens (tertiary/aromatic N) is 4. The molecule has 0 radical (unpaired) electrons. The van der Waals surface area contributed by atoms with Gasteiger partial charge in [0.2, 0.25) is 0 Å². The van der Waals surface area contributed by atoms with Gasteiger partial charge >= 0.3 is 5.69 Å². The first kappa shape index (κ1) is 16.5. The van der Waals surface area contributed by atoms with Crippen molar-refractivity contribution in [2.45, 2.75) is 19.5 Å². The molecule has 0 saturated carbocycles. The molecule has 0 aliphatic heterocycles. The number of aromatic nitrogens is 5. The van der Waals surface area contributed by atoms with Gasteiger partial charge in [0.1, 0.15) is 17.8 Å². The van der Waals surface area contributed by atoms with Crippen LogP contribution in [-0.4, -0.2) is 24.3 Å². The summed E-state index contributed by atoms with van der Waals surface area (Å²) in [5.41, 5.74) is 6.02. The Hall–Kier alpha value is -3.36. The number of nitrogens with two attached hydrogens (primary N) is 1. The van der Waals surface area contributed by atoms with Crippen LogP contribution in [0.2, 0.25) is 0 Å². The number of aryl methyl sites for hydroxylation is 1. The van der Waals surface area contributed by atoms with Gasteiger partial charge in [-0.2, -0.15) is 0 Å². The van der Waals surface area contributed by atoms with Gasteiger partial charge in [-0.05, 0) is 12.5 Å². The average Bonchev–Trinajstić information content (AvgIpc) is 3.02. The van der Waals surface area contributed by atoms with Crippen molar-refractivity contribution in [1.82, 2.24) is 24.3 Å². The van der Waals surface area contributed by atoms with Crippen LogP contribution in [0, 0.1) is 0 Å². The topological polar surface area (TPSA) is 124 Å². The highest BCUT2D eigenvalue weighted by Crippen LogP contribution is 2.19. The zero-order chi connectivity index (χ0) is 18.0. The fourth-order valence-electron chi connectivity index (χ4n) is 2.62. The fourth-order valence-corrected chi connectivity index (χ4v) is 2.62. The number of nitrogen functional groups attached to an aromatic ring is 1. The van der Waals surface area contributed by atoms with E-state index in [2.05, 4.69) is 20.5 Å². The van der Waals surface area contributed by atoms with Crippen molar-refractivity contribution in [2.75, 3.05) is 11.1 Å². The molecule has 1 aromatic carbocycles. The summed E-state index contributed by atoms with van der Waals surface area (Å²) in [7, 11) is 1.80. The molecule has 2 aromatic heterocycles. The summed E-state index contributed by atoms with van der Waals surface area (Å²) in [4.78, 5) is 26.7. The summed E-state index contributed by atoms with van der Waals surface area (Å²) in [5, 5.41) is 10.8. The Bertz CT molecular complexity index is 988. The van der Waals surface area contributed by atoms with Gasteiger partial charge < -0.3 is 15.6 Å². The molecule has 0 saturated heterocycles. The first-order valence-electron chi connectivity index (χ1n) is 7.74. The number of benzene rings is 1. The van der Waals surface area contributed by atoms with Crippen LogP contribution in [0.15, 0.2) is 46.2 Å². The third kappa shape index (κ3) is 3.30. The van der Waals surface area contributed by atoms with Crippen LogP contribution < -0.4 is 22.3 Å². The van der Waals surface area contributed by atoms with E-state index in [1.54, 1.807) is 17.9 Å². The SMILES string of the molecule is CC(Nc1c(N)n(Cc2ccccc2)c(=O)[nH]c1=O)c1nncn1C. The van der Waals surface area contributed by atoms with Crippen molar-refractivity contribution in [1.29, 1.82) is 0 Å². The summed E-state index contributed by atoms with van der Waals surface area (Å²) >= 11 is 0. The van der Waals surface area contributed by atoms with Crippen molar-refractivity contribution < 1.29 is 0 Å². The first-order valence-corrected chi connectivity index (χ1v) is 7.74. The molecule has 0 aliphatic rings. The highest BCUT2D eigenvalue weighted by molar-refractivity contribution is 5.61. The first-order chi connectivity index (χ1) is 12.0. The van der Waals surface area contributed by atoms with Gasteiger partial charge in [0.15, 0.2) is 5.82 Å². The Morgan fingerprint density at radius 2 is 2.00 bits per heavy atom. The van der Waals surface area contributed by atoms with E-state index in [0.717, 1.165) is 5.56 Å². The smallest absolute Gasteiger partial charge is 0.330 e. The van der Waals surface area contributed by atoms with Crippen LogP contribution in [0.5, 0.6) is 0 Å². The molecule has 4 N–H and O–H groups in total. The monoisotopic (exact) mass is 341 g/mol. The maximum absolute atomic E-state index is 12.2. The largest absolute Gasteiger partial charge is 0.383 e. The molecule has 0 fully saturated rings. The Balaban J connectivity index is 1.97. The van der Waals surface area contributed by atoms with Crippen LogP contribution in [-0.2, 0) is 13.6 Å². The second kappa shape index (κ2) is 6.63. The lowest BCUT2D eigenvalue weighted by molar-refractivity contribution is 0.704. The Morgan fingerprint density at radius 1 is 1.28 bits per heavy atom. The third-order valence-electron chi connectivity index (χ3n) is 3.92. The van der Waals surface area contributed by atoms with Crippen LogP contribution in [0.4, 0.5) is 11.5 Å². The second-order valence-electron chi connectivity index (χ2n) is 5.76. The molecule has 3 aromatic rings. The lowest BCUT2D eigenvalue weighted by Crippen LogP contribution is -2.35. The molecule has 1 unspecified atom stereocenters. The fraction of sp³-hybridized carbons (Fsp3) is 0.250. The van der Waals surface area contributed by atoms with Gasteiger partial charge in [0.05, 0.1) is 12.6 Å². The van der Waals surface area contributed by atoms with Gasteiger partial charge in [-0.3, -0.25) is 14.3 Å². The molecule has 9 nitrogen and oxygen atoms in total. The van der Waals surface area contributed by atoms with Crippen LogP contribution >= 0.6 is 0 Å². The zero-order valence-electron chi connectivity index (χ0n) is 13.9. The molecule has 25 heavy (non-hydrogen) atoms. The van der Waals surface area contributed by atoms with E-state index in [9.17, 15) is 9.59 Å². The van der Waals surface area contributed by atoms with E-state index in [4.69, 9.17) is 5.73 Å². The van der Waals surface area contributed by atoms with Crippen molar-refractivity contribution in [2.24, 2.45) is 7.05 Å². The Kier molecular flexibility index (Phi) is 4.38. The highest BCUT2D eigenvalue weighted by atomic mass is 16.2. The van der Waals surface area contributed by atoms with Crippen molar-refractivity contribution >= 4 is 11.5 Å². The predicted molar refractivity (Wildman–Crippen MR) is 94.3 cm³/mol. The van der Waals surface area contributed by atoms with Crippen molar-refractivity contribution in [3.05, 3.63) is 68.9 Å². The number of hydrogen-bond donors (Lipinski definition) is 3. The van der Waals surface area contributed by atoms with Crippen LogP contribution in [0.25, 0.3) is 0 Å². The summed E-state index contributed by atoms with van der Waals surface area (Å²) in [6.45, 7) is 2.09. The average molecular weight is 341 g/mol. The van der Waals surface area contributed by atoms with E-state index in [0.29, 0.717) is 5.82 Å². The minimum atomic E-state index is -0.569. The lowest BCUT2D eigenvalue weighted by Gasteiger charge is -2.17. The predicted octanol–water partition coefficient (Wildman–Crippen LogP) is 0.469. The maximum atomic E-state index is 12.2. The number of hydrogen-bond acceptors (Lipinski definition) is 6. The quantitative estimate of drug-likeness (QED) is 0.620. The summed E-state index contributed by atoms with van der Waals surface area (Å²) in [6.07, 6.45) is 1.57. The number of aromatic amines is 1. The van der Waals surface area contributed by atoms with Gasteiger partial charge in [0, 0.05) is 7.05 Å². The molecular formula is C16H19N7O2. The molecule has 0 amide bonds. The zero-order valence-corrected chi connectivity index (χ0v) is 13.9. The summed E-state index contributed by atoms with van der Waals surface area (Å²) in [5.74, 6) is 0.714. The minimum absolute atomic E-state index is 0.0756. The molecule has 0 spiro atoms. The molecule has 1 atom stereocenters. The number of nitrogens with one attached hydrogen (secondary N) is 2. The summed E-state index contributed by atoms with van der Waals surface area (Å²) < 4.78 is 3.06. The van der Waals surface area contributed by atoms with E-state index in [-0.39, 0.29) is 24.1 Å². The van der Waals surface area contributed by atoms with Crippen LogP contribution in [0.1, 0.15) is 24.4 Å². The highest BCUT2D eigenvalue weighted by Gasteiger charge is 2.18. The van der Waals surface area contributed by atoms with E-state index >= 15 is 0 Å². The number of H-pyrrole nitrogens is 1. The normalized spacial score (nSPS) is 12.1. The molecule has 9 heteroatoms.